The van der Waals surface area contributed by atoms with Gasteiger partial charge in [-0.05, 0) is 37.5 Å². The fourth-order valence-electron chi connectivity index (χ4n) is 2.15. The number of guanidine groups is 1. The predicted molar refractivity (Wildman–Crippen MR) is 97.6 cm³/mol. The van der Waals surface area contributed by atoms with Crippen LogP contribution in [-0.4, -0.2) is 45.1 Å². The van der Waals surface area contributed by atoms with Crippen LogP contribution < -0.4 is 10.2 Å². The van der Waals surface area contributed by atoms with Gasteiger partial charge in [-0.15, -0.1) is 6.58 Å². The van der Waals surface area contributed by atoms with Crippen LogP contribution in [0.2, 0.25) is 0 Å². The number of anilines is 1. The maximum Gasteiger partial charge on any atom is 0.193 e. The van der Waals surface area contributed by atoms with E-state index in [9.17, 15) is 0 Å². The van der Waals surface area contributed by atoms with Crippen molar-refractivity contribution in [1.82, 2.24) is 10.2 Å². The summed E-state index contributed by atoms with van der Waals surface area (Å²) in [5.74, 6) is 0.960. The Bertz CT molecular complexity index is 480. The van der Waals surface area contributed by atoms with Crippen molar-refractivity contribution in [3.63, 3.8) is 0 Å². The van der Waals surface area contributed by atoms with E-state index in [2.05, 4.69) is 74.0 Å². The highest BCUT2D eigenvalue weighted by Gasteiger charge is 2.05. The molecule has 0 amide bonds. The van der Waals surface area contributed by atoms with Gasteiger partial charge in [0.2, 0.25) is 0 Å². The Labute approximate surface area is 135 Å². The second-order valence-electron chi connectivity index (χ2n) is 5.59. The SMILES string of the molecule is C=CCCCN(C)C(=NCc1cccc(N(C)C)c1)NCC. The van der Waals surface area contributed by atoms with Crippen LogP contribution in [0.25, 0.3) is 0 Å². The molecule has 0 aliphatic carbocycles. The maximum absolute atomic E-state index is 4.75. The Morgan fingerprint density at radius 2 is 2.09 bits per heavy atom. The van der Waals surface area contributed by atoms with Crippen LogP contribution in [0.5, 0.6) is 0 Å². The van der Waals surface area contributed by atoms with Crippen LogP contribution >= 0.6 is 0 Å². The van der Waals surface area contributed by atoms with E-state index in [1.807, 2.05) is 6.08 Å². The lowest BCUT2D eigenvalue weighted by Gasteiger charge is -2.22. The van der Waals surface area contributed by atoms with Crippen LogP contribution in [-0.2, 0) is 6.54 Å². The Balaban J connectivity index is 2.72. The third-order valence-corrected chi connectivity index (χ3v) is 3.44. The summed E-state index contributed by atoms with van der Waals surface area (Å²) in [6.45, 7) is 8.42. The molecule has 4 nitrogen and oxygen atoms in total. The average molecular weight is 302 g/mol. The van der Waals surface area contributed by atoms with Crippen LogP contribution in [0.15, 0.2) is 41.9 Å². The molecule has 1 rings (SSSR count). The number of hydrogen-bond acceptors (Lipinski definition) is 2. The number of hydrogen-bond donors (Lipinski definition) is 1. The molecule has 4 heteroatoms. The summed E-state index contributed by atoms with van der Waals surface area (Å²) in [6.07, 6.45) is 4.10. The van der Waals surface area contributed by atoms with Crippen molar-refractivity contribution in [1.29, 1.82) is 0 Å². The van der Waals surface area contributed by atoms with Gasteiger partial charge in [0, 0.05) is 39.9 Å². The average Bonchev–Trinajstić information content (AvgIpc) is 2.51. The van der Waals surface area contributed by atoms with Gasteiger partial charge in [0.05, 0.1) is 6.54 Å². The van der Waals surface area contributed by atoms with Crippen molar-refractivity contribution in [2.75, 3.05) is 39.1 Å². The van der Waals surface area contributed by atoms with Crippen LogP contribution in [0.3, 0.4) is 0 Å². The number of allylic oxidation sites excluding steroid dienone is 1. The van der Waals surface area contributed by atoms with Gasteiger partial charge in [-0.25, -0.2) is 4.99 Å². The van der Waals surface area contributed by atoms with Crippen molar-refractivity contribution >= 4 is 11.6 Å². The molecule has 1 N–H and O–H groups in total. The molecule has 22 heavy (non-hydrogen) atoms. The van der Waals surface area contributed by atoms with Gasteiger partial charge in [0.15, 0.2) is 5.96 Å². The summed E-state index contributed by atoms with van der Waals surface area (Å²) in [5, 5.41) is 3.36. The molecular weight excluding hydrogens is 272 g/mol. The Morgan fingerprint density at radius 1 is 1.32 bits per heavy atom. The van der Waals surface area contributed by atoms with E-state index >= 15 is 0 Å². The van der Waals surface area contributed by atoms with Gasteiger partial charge in [-0.1, -0.05) is 18.2 Å². The lowest BCUT2D eigenvalue weighted by Crippen LogP contribution is -2.39. The van der Waals surface area contributed by atoms with Crippen molar-refractivity contribution in [2.24, 2.45) is 4.99 Å². The normalized spacial score (nSPS) is 11.2. The molecule has 0 saturated carbocycles. The first kappa shape index (κ1) is 18.1. The summed E-state index contributed by atoms with van der Waals surface area (Å²) in [4.78, 5) is 9.04. The zero-order valence-electron chi connectivity index (χ0n) is 14.5. The summed E-state index contributed by atoms with van der Waals surface area (Å²) in [5.41, 5.74) is 2.43. The number of nitrogens with zero attached hydrogens (tertiary/aromatic N) is 3. The molecule has 122 valence electrons. The summed E-state index contributed by atoms with van der Waals surface area (Å²) < 4.78 is 0. The minimum atomic E-state index is 0.690. The largest absolute Gasteiger partial charge is 0.378 e. The Hall–Kier alpha value is -1.97. The molecule has 0 atom stereocenters. The zero-order valence-corrected chi connectivity index (χ0v) is 14.5. The van der Waals surface area contributed by atoms with E-state index in [-0.39, 0.29) is 0 Å². The first-order chi connectivity index (χ1) is 10.6. The Morgan fingerprint density at radius 3 is 2.73 bits per heavy atom. The first-order valence-corrected chi connectivity index (χ1v) is 7.95. The maximum atomic E-state index is 4.75. The fraction of sp³-hybridized carbons (Fsp3) is 0.500. The summed E-state index contributed by atoms with van der Waals surface area (Å²) in [6, 6.07) is 8.50. The molecule has 0 heterocycles. The molecule has 0 saturated heterocycles. The third-order valence-electron chi connectivity index (χ3n) is 3.44. The summed E-state index contributed by atoms with van der Waals surface area (Å²) in [7, 11) is 6.19. The van der Waals surface area contributed by atoms with Crippen molar-refractivity contribution in [3.8, 4) is 0 Å². The summed E-state index contributed by atoms with van der Waals surface area (Å²) >= 11 is 0. The van der Waals surface area contributed by atoms with Gasteiger partial charge in [-0.2, -0.15) is 0 Å². The van der Waals surface area contributed by atoms with Crippen LogP contribution in [0.1, 0.15) is 25.3 Å². The second kappa shape index (κ2) is 9.87. The number of nitrogens with one attached hydrogen (secondary N) is 1. The monoisotopic (exact) mass is 302 g/mol. The van der Waals surface area contributed by atoms with E-state index in [4.69, 9.17) is 4.99 Å². The van der Waals surface area contributed by atoms with E-state index in [1.54, 1.807) is 0 Å². The van der Waals surface area contributed by atoms with Crippen molar-refractivity contribution in [2.45, 2.75) is 26.3 Å². The first-order valence-electron chi connectivity index (χ1n) is 7.95. The molecule has 0 spiro atoms. The van der Waals surface area contributed by atoms with Crippen LogP contribution in [0, 0.1) is 0 Å². The number of aliphatic imine (C=N–C) groups is 1. The molecule has 1 aromatic carbocycles. The molecular formula is C18H30N4. The highest BCUT2D eigenvalue weighted by Crippen LogP contribution is 2.14. The molecule has 0 radical (unpaired) electrons. The van der Waals surface area contributed by atoms with Crippen LogP contribution in [0.4, 0.5) is 5.69 Å². The van der Waals surface area contributed by atoms with E-state index < -0.39 is 0 Å². The second-order valence-corrected chi connectivity index (χ2v) is 5.59. The van der Waals surface area contributed by atoms with E-state index in [1.165, 1.54) is 11.3 Å². The van der Waals surface area contributed by atoms with Gasteiger partial charge >= 0.3 is 0 Å². The number of benzene rings is 1. The standard InChI is InChI=1S/C18H30N4/c1-6-8-9-13-22(5)18(19-7-2)20-15-16-11-10-12-17(14-16)21(3)4/h6,10-12,14H,1,7-9,13,15H2,2-5H3,(H,19,20). The third kappa shape index (κ3) is 6.20. The molecule has 1 aromatic rings. The minimum Gasteiger partial charge on any atom is -0.378 e. The fourth-order valence-corrected chi connectivity index (χ4v) is 2.15. The van der Waals surface area contributed by atoms with E-state index in [0.717, 1.165) is 31.9 Å². The van der Waals surface area contributed by atoms with Gasteiger partial charge in [-0.3, -0.25) is 0 Å². The number of rotatable bonds is 8. The van der Waals surface area contributed by atoms with Crippen molar-refractivity contribution < 1.29 is 0 Å². The van der Waals surface area contributed by atoms with Gasteiger partial charge in [0.25, 0.3) is 0 Å². The number of unbranched alkanes of at least 4 members (excludes halogenated alkanes) is 1. The molecule has 0 unspecified atom stereocenters. The molecule has 0 fully saturated rings. The lowest BCUT2D eigenvalue weighted by atomic mass is 10.2. The topological polar surface area (TPSA) is 30.9 Å². The highest BCUT2D eigenvalue weighted by molar-refractivity contribution is 5.79. The minimum absolute atomic E-state index is 0.690. The molecule has 0 bridgehead atoms. The van der Waals surface area contributed by atoms with Gasteiger partial charge in [0.1, 0.15) is 0 Å². The molecule has 0 aliphatic heterocycles. The predicted octanol–water partition coefficient (Wildman–Crippen LogP) is 3.12. The molecule has 0 aliphatic rings. The highest BCUT2D eigenvalue weighted by atomic mass is 15.3. The molecule has 0 aromatic heterocycles. The lowest BCUT2D eigenvalue weighted by molar-refractivity contribution is 0.470. The zero-order chi connectivity index (χ0) is 16.4. The van der Waals surface area contributed by atoms with E-state index in [0.29, 0.717) is 6.54 Å². The van der Waals surface area contributed by atoms with Gasteiger partial charge < -0.3 is 15.1 Å². The quantitative estimate of drug-likeness (QED) is 0.346. The smallest absolute Gasteiger partial charge is 0.193 e. The Kier molecular flexibility index (Phi) is 8.11. The van der Waals surface area contributed by atoms with Crippen molar-refractivity contribution in [3.05, 3.63) is 42.5 Å².